The van der Waals surface area contributed by atoms with E-state index in [9.17, 15) is 4.79 Å². The van der Waals surface area contributed by atoms with Crippen molar-refractivity contribution in [2.24, 2.45) is 5.73 Å². The van der Waals surface area contributed by atoms with Crippen LogP contribution in [0.15, 0.2) is 54.6 Å². The molecular formula is C18H23ClN2O2. The zero-order chi connectivity index (χ0) is 15.8. The number of carbonyl (C=O) groups is 1. The zero-order valence-electron chi connectivity index (χ0n) is 13.2. The first-order valence-corrected chi connectivity index (χ1v) is 7.38. The van der Waals surface area contributed by atoms with Crippen molar-refractivity contribution in [3.63, 3.8) is 0 Å². The molecule has 0 radical (unpaired) electrons. The van der Waals surface area contributed by atoms with Crippen LogP contribution in [-0.4, -0.2) is 19.1 Å². The van der Waals surface area contributed by atoms with Gasteiger partial charge in [0.25, 0.3) is 0 Å². The molecule has 5 heteroatoms. The Morgan fingerprint density at radius 3 is 2.43 bits per heavy atom. The summed E-state index contributed by atoms with van der Waals surface area (Å²) in [5.74, 6) is -0.188. The van der Waals surface area contributed by atoms with E-state index in [0.717, 1.165) is 16.7 Å². The molecule has 23 heavy (non-hydrogen) atoms. The number of hydrogen-bond acceptors (Lipinski definition) is 3. The maximum atomic E-state index is 12.0. The van der Waals surface area contributed by atoms with Crippen LogP contribution < -0.4 is 11.1 Å². The lowest BCUT2D eigenvalue weighted by Gasteiger charge is -2.13. The van der Waals surface area contributed by atoms with Crippen LogP contribution in [0.4, 0.5) is 0 Å². The molecule has 0 saturated heterocycles. The van der Waals surface area contributed by atoms with Crippen LogP contribution in [0.5, 0.6) is 0 Å². The standard InChI is InChI=1S/C18H22N2O2.ClH/c1-14-7-9-16(10-8-14)17(19)18(21)20-11-12-22-13-15-5-3-2-4-6-15;/h2-10,17H,11-13,19H2,1H3,(H,20,21);1H. The molecule has 3 N–H and O–H groups in total. The van der Waals surface area contributed by atoms with Crippen LogP contribution in [0, 0.1) is 6.92 Å². The number of hydrogen-bond donors (Lipinski definition) is 2. The van der Waals surface area contributed by atoms with Gasteiger partial charge in [0.05, 0.1) is 13.2 Å². The predicted molar refractivity (Wildman–Crippen MR) is 94.5 cm³/mol. The number of halogens is 1. The molecule has 1 amide bonds. The summed E-state index contributed by atoms with van der Waals surface area (Å²) in [5, 5.41) is 2.79. The number of carbonyl (C=O) groups excluding carboxylic acids is 1. The first kappa shape index (κ1) is 19.2. The normalized spacial score (nSPS) is 11.4. The Labute approximate surface area is 143 Å². The van der Waals surface area contributed by atoms with Crippen LogP contribution in [0.3, 0.4) is 0 Å². The van der Waals surface area contributed by atoms with Crippen LogP contribution in [-0.2, 0) is 16.1 Å². The fourth-order valence-electron chi connectivity index (χ4n) is 2.05. The fraction of sp³-hybridized carbons (Fsp3) is 0.278. The first-order valence-electron chi connectivity index (χ1n) is 7.38. The average Bonchev–Trinajstić information content (AvgIpc) is 2.55. The molecule has 2 aromatic rings. The average molecular weight is 335 g/mol. The second-order valence-electron chi connectivity index (χ2n) is 5.22. The monoisotopic (exact) mass is 334 g/mol. The van der Waals surface area contributed by atoms with Gasteiger partial charge in [0.2, 0.25) is 5.91 Å². The lowest BCUT2D eigenvalue weighted by Crippen LogP contribution is -2.35. The van der Waals surface area contributed by atoms with E-state index in [1.54, 1.807) is 0 Å². The van der Waals surface area contributed by atoms with Gasteiger partial charge in [-0.1, -0.05) is 60.2 Å². The molecule has 1 atom stereocenters. The number of nitrogens with two attached hydrogens (primary N) is 1. The van der Waals surface area contributed by atoms with E-state index in [1.807, 2.05) is 61.5 Å². The minimum Gasteiger partial charge on any atom is -0.375 e. The highest BCUT2D eigenvalue weighted by Gasteiger charge is 2.14. The number of benzene rings is 2. The molecule has 0 spiro atoms. The molecule has 4 nitrogen and oxygen atoms in total. The maximum Gasteiger partial charge on any atom is 0.241 e. The lowest BCUT2D eigenvalue weighted by molar-refractivity contribution is -0.122. The Balaban J connectivity index is 0.00000264. The summed E-state index contributed by atoms with van der Waals surface area (Å²) in [6.45, 7) is 3.45. The molecule has 2 aromatic carbocycles. The molecule has 124 valence electrons. The van der Waals surface area contributed by atoms with Gasteiger partial charge >= 0.3 is 0 Å². The van der Waals surface area contributed by atoms with E-state index in [2.05, 4.69) is 5.32 Å². The highest BCUT2D eigenvalue weighted by Crippen LogP contribution is 2.11. The number of amides is 1. The quantitative estimate of drug-likeness (QED) is 0.765. The summed E-state index contributed by atoms with van der Waals surface area (Å²) in [7, 11) is 0. The van der Waals surface area contributed by atoms with Gasteiger partial charge in [-0.2, -0.15) is 0 Å². The topological polar surface area (TPSA) is 64.4 Å². The smallest absolute Gasteiger partial charge is 0.241 e. The number of nitrogens with one attached hydrogen (secondary N) is 1. The van der Waals surface area contributed by atoms with E-state index in [-0.39, 0.29) is 18.3 Å². The van der Waals surface area contributed by atoms with E-state index in [0.29, 0.717) is 19.8 Å². The summed E-state index contributed by atoms with van der Waals surface area (Å²) >= 11 is 0. The minimum absolute atomic E-state index is 0. The second kappa shape index (κ2) is 10.0. The van der Waals surface area contributed by atoms with Gasteiger partial charge in [-0.3, -0.25) is 4.79 Å². The van der Waals surface area contributed by atoms with Crippen LogP contribution in [0.25, 0.3) is 0 Å². The SMILES string of the molecule is Cc1ccc(C(N)C(=O)NCCOCc2ccccc2)cc1.Cl. The Morgan fingerprint density at radius 1 is 1.13 bits per heavy atom. The third kappa shape index (κ3) is 6.40. The van der Waals surface area contributed by atoms with E-state index >= 15 is 0 Å². The molecule has 0 aliphatic heterocycles. The lowest BCUT2D eigenvalue weighted by atomic mass is 10.1. The summed E-state index contributed by atoms with van der Waals surface area (Å²) in [4.78, 5) is 12.0. The van der Waals surface area contributed by atoms with Crippen LogP contribution in [0.1, 0.15) is 22.7 Å². The predicted octanol–water partition coefficient (Wildman–Crippen LogP) is 2.75. The highest BCUT2D eigenvalue weighted by molar-refractivity contribution is 5.85. The van der Waals surface area contributed by atoms with Gasteiger partial charge in [0.15, 0.2) is 0 Å². The van der Waals surface area contributed by atoms with E-state index in [4.69, 9.17) is 10.5 Å². The van der Waals surface area contributed by atoms with Crippen molar-refractivity contribution >= 4 is 18.3 Å². The van der Waals surface area contributed by atoms with Gasteiger partial charge in [0, 0.05) is 6.54 Å². The van der Waals surface area contributed by atoms with E-state index < -0.39 is 6.04 Å². The van der Waals surface area contributed by atoms with Crippen molar-refractivity contribution in [2.75, 3.05) is 13.2 Å². The molecule has 0 fully saturated rings. The Hall–Kier alpha value is -1.88. The van der Waals surface area contributed by atoms with Crippen molar-refractivity contribution in [1.29, 1.82) is 0 Å². The molecule has 0 aliphatic carbocycles. The fourth-order valence-corrected chi connectivity index (χ4v) is 2.05. The van der Waals surface area contributed by atoms with Crippen molar-refractivity contribution in [3.8, 4) is 0 Å². The molecule has 0 heterocycles. The van der Waals surface area contributed by atoms with Gasteiger partial charge in [-0.05, 0) is 18.1 Å². The van der Waals surface area contributed by atoms with E-state index in [1.165, 1.54) is 0 Å². The zero-order valence-corrected chi connectivity index (χ0v) is 14.0. The molecule has 2 rings (SSSR count). The van der Waals surface area contributed by atoms with Crippen molar-refractivity contribution in [2.45, 2.75) is 19.6 Å². The molecule has 0 bridgehead atoms. The Kier molecular flexibility index (Phi) is 8.33. The molecule has 0 saturated carbocycles. The van der Waals surface area contributed by atoms with Crippen molar-refractivity contribution in [1.82, 2.24) is 5.32 Å². The largest absolute Gasteiger partial charge is 0.375 e. The minimum atomic E-state index is -0.644. The van der Waals surface area contributed by atoms with Gasteiger partial charge in [-0.25, -0.2) is 0 Å². The number of ether oxygens (including phenoxy) is 1. The summed E-state index contributed by atoms with van der Waals surface area (Å²) in [6.07, 6.45) is 0. The summed E-state index contributed by atoms with van der Waals surface area (Å²) in [5.41, 5.74) is 9.01. The van der Waals surface area contributed by atoms with Gasteiger partial charge in [0.1, 0.15) is 6.04 Å². The van der Waals surface area contributed by atoms with Gasteiger partial charge < -0.3 is 15.8 Å². The molecule has 0 aromatic heterocycles. The third-order valence-electron chi connectivity index (χ3n) is 3.38. The van der Waals surface area contributed by atoms with Crippen molar-refractivity contribution in [3.05, 3.63) is 71.3 Å². The summed E-state index contributed by atoms with van der Waals surface area (Å²) in [6, 6.07) is 16.9. The van der Waals surface area contributed by atoms with Crippen molar-refractivity contribution < 1.29 is 9.53 Å². The highest BCUT2D eigenvalue weighted by atomic mass is 35.5. The molecule has 1 unspecified atom stereocenters. The van der Waals surface area contributed by atoms with Crippen LogP contribution in [0.2, 0.25) is 0 Å². The Bertz CT molecular complexity index is 588. The second-order valence-corrected chi connectivity index (χ2v) is 5.22. The number of rotatable bonds is 7. The van der Waals surface area contributed by atoms with Gasteiger partial charge in [-0.15, -0.1) is 12.4 Å². The van der Waals surface area contributed by atoms with Crippen LogP contribution >= 0.6 is 12.4 Å². The summed E-state index contributed by atoms with van der Waals surface area (Å²) < 4.78 is 5.52. The molecular weight excluding hydrogens is 312 g/mol. The third-order valence-corrected chi connectivity index (χ3v) is 3.38. The number of aryl methyl sites for hydroxylation is 1. The molecule has 0 aliphatic rings. The maximum absolute atomic E-state index is 12.0. The first-order chi connectivity index (χ1) is 10.7. The Morgan fingerprint density at radius 2 is 1.78 bits per heavy atom.